The SMILES string of the molecule is COc1ccc(OCCN(C)C(=O)C2CSCN2)cc1. The molecule has 0 bridgehead atoms. The van der Waals surface area contributed by atoms with Gasteiger partial charge in [0.25, 0.3) is 0 Å². The summed E-state index contributed by atoms with van der Waals surface area (Å²) in [5.74, 6) is 3.42. The van der Waals surface area contributed by atoms with Crippen LogP contribution in [-0.2, 0) is 4.79 Å². The molecule has 0 spiro atoms. The minimum atomic E-state index is -0.0500. The minimum Gasteiger partial charge on any atom is -0.497 e. The molecule has 1 aromatic rings. The van der Waals surface area contributed by atoms with E-state index in [4.69, 9.17) is 9.47 Å². The first-order valence-electron chi connectivity index (χ1n) is 6.53. The van der Waals surface area contributed by atoms with Gasteiger partial charge in [-0.2, -0.15) is 0 Å². The number of thioether (sulfide) groups is 1. The van der Waals surface area contributed by atoms with E-state index in [-0.39, 0.29) is 11.9 Å². The van der Waals surface area contributed by atoms with Gasteiger partial charge in [-0.25, -0.2) is 0 Å². The molecule has 1 aromatic carbocycles. The largest absolute Gasteiger partial charge is 0.497 e. The van der Waals surface area contributed by atoms with Crippen LogP contribution in [0.2, 0.25) is 0 Å². The van der Waals surface area contributed by atoms with Gasteiger partial charge in [0.2, 0.25) is 5.91 Å². The molecule has 110 valence electrons. The van der Waals surface area contributed by atoms with Crippen LogP contribution in [0.3, 0.4) is 0 Å². The zero-order chi connectivity index (χ0) is 14.4. The van der Waals surface area contributed by atoms with Crippen molar-refractivity contribution < 1.29 is 14.3 Å². The third-order valence-corrected chi connectivity index (χ3v) is 4.09. The molecule has 1 heterocycles. The number of hydrogen-bond donors (Lipinski definition) is 1. The van der Waals surface area contributed by atoms with Crippen LogP contribution < -0.4 is 14.8 Å². The molecule has 0 aromatic heterocycles. The summed E-state index contributed by atoms with van der Waals surface area (Å²) < 4.78 is 10.7. The van der Waals surface area contributed by atoms with E-state index < -0.39 is 0 Å². The maximum atomic E-state index is 12.0. The summed E-state index contributed by atoms with van der Waals surface area (Å²) in [7, 11) is 3.44. The number of methoxy groups -OCH3 is 1. The molecule has 0 radical (unpaired) electrons. The number of nitrogens with zero attached hydrogens (tertiary/aromatic N) is 1. The van der Waals surface area contributed by atoms with Crippen LogP contribution in [0.25, 0.3) is 0 Å². The van der Waals surface area contributed by atoms with E-state index in [2.05, 4.69) is 5.32 Å². The highest BCUT2D eigenvalue weighted by Gasteiger charge is 2.25. The van der Waals surface area contributed by atoms with Gasteiger partial charge in [0.05, 0.1) is 19.7 Å². The molecular weight excluding hydrogens is 276 g/mol. The van der Waals surface area contributed by atoms with Crippen molar-refractivity contribution in [2.24, 2.45) is 0 Å². The van der Waals surface area contributed by atoms with Crippen LogP contribution in [-0.4, -0.2) is 55.8 Å². The third-order valence-electron chi connectivity index (χ3n) is 3.15. The molecule has 1 fully saturated rings. The zero-order valence-corrected chi connectivity index (χ0v) is 12.6. The maximum Gasteiger partial charge on any atom is 0.240 e. The summed E-state index contributed by atoms with van der Waals surface area (Å²) in [6.07, 6.45) is 0. The van der Waals surface area contributed by atoms with Crippen molar-refractivity contribution in [1.29, 1.82) is 0 Å². The fourth-order valence-corrected chi connectivity index (χ4v) is 2.84. The molecular formula is C14H20N2O3S. The molecule has 5 nitrogen and oxygen atoms in total. The summed E-state index contributed by atoms with van der Waals surface area (Å²) in [6, 6.07) is 7.37. The quantitative estimate of drug-likeness (QED) is 0.855. The lowest BCUT2D eigenvalue weighted by atomic mass is 10.3. The van der Waals surface area contributed by atoms with E-state index >= 15 is 0 Å². The van der Waals surface area contributed by atoms with Gasteiger partial charge in [0.15, 0.2) is 0 Å². The minimum absolute atomic E-state index is 0.0500. The predicted molar refractivity (Wildman–Crippen MR) is 80.4 cm³/mol. The summed E-state index contributed by atoms with van der Waals surface area (Å²) in [5, 5.41) is 3.18. The van der Waals surface area contributed by atoms with Crippen molar-refractivity contribution in [2.75, 3.05) is 38.9 Å². The molecule has 1 N–H and O–H groups in total. The molecule has 1 unspecified atom stereocenters. The fraction of sp³-hybridized carbons (Fsp3) is 0.500. The number of carbonyl (C=O) groups excluding carboxylic acids is 1. The van der Waals surface area contributed by atoms with Gasteiger partial charge in [0, 0.05) is 18.7 Å². The molecule has 0 saturated carbocycles. The Hall–Kier alpha value is -1.40. The first-order valence-corrected chi connectivity index (χ1v) is 7.69. The van der Waals surface area contributed by atoms with Gasteiger partial charge in [-0.3, -0.25) is 10.1 Å². The van der Waals surface area contributed by atoms with E-state index in [1.807, 2.05) is 31.3 Å². The summed E-state index contributed by atoms with van der Waals surface area (Å²) >= 11 is 1.75. The highest BCUT2D eigenvalue weighted by atomic mass is 32.2. The molecule has 6 heteroatoms. The standard InChI is InChI=1S/C14H20N2O3S/c1-16(14(17)13-9-20-10-15-13)7-8-19-12-5-3-11(18-2)4-6-12/h3-6,13,15H,7-10H2,1-2H3. The number of ether oxygens (including phenoxy) is 2. The monoisotopic (exact) mass is 296 g/mol. The Bertz CT molecular complexity index is 433. The first-order chi connectivity index (χ1) is 9.70. The van der Waals surface area contributed by atoms with E-state index in [9.17, 15) is 4.79 Å². The second kappa shape index (κ2) is 7.40. The van der Waals surface area contributed by atoms with Crippen LogP contribution in [0.5, 0.6) is 11.5 Å². The number of amides is 1. The average molecular weight is 296 g/mol. The van der Waals surface area contributed by atoms with Crippen molar-refractivity contribution in [3.63, 3.8) is 0 Å². The van der Waals surface area contributed by atoms with E-state index in [0.29, 0.717) is 13.2 Å². The highest BCUT2D eigenvalue weighted by molar-refractivity contribution is 7.99. The molecule has 1 amide bonds. The molecule has 20 heavy (non-hydrogen) atoms. The average Bonchev–Trinajstić information content (AvgIpc) is 3.01. The van der Waals surface area contributed by atoms with Gasteiger partial charge in [-0.05, 0) is 24.3 Å². The Morgan fingerprint density at radius 1 is 1.40 bits per heavy atom. The molecule has 1 saturated heterocycles. The van der Waals surface area contributed by atoms with Crippen molar-refractivity contribution in [2.45, 2.75) is 6.04 Å². The Morgan fingerprint density at radius 3 is 2.70 bits per heavy atom. The second-order valence-corrected chi connectivity index (χ2v) is 5.59. The zero-order valence-electron chi connectivity index (χ0n) is 11.8. The molecule has 1 atom stereocenters. The topological polar surface area (TPSA) is 50.8 Å². The van der Waals surface area contributed by atoms with Gasteiger partial charge in [0.1, 0.15) is 18.1 Å². The number of hydrogen-bond acceptors (Lipinski definition) is 5. The van der Waals surface area contributed by atoms with Crippen molar-refractivity contribution >= 4 is 17.7 Å². The Labute approximate surface area is 123 Å². The van der Waals surface area contributed by atoms with Crippen LogP contribution in [0, 0.1) is 0 Å². The lowest BCUT2D eigenvalue weighted by molar-refractivity contribution is -0.131. The number of rotatable bonds is 6. The Morgan fingerprint density at radius 2 is 2.10 bits per heavy atom. The van der Waals surface area contributed by atoms with Gasteiger partial charge in [-0.15, -0.1) is 11.8 Å². The summed E-state index contributed by atoms with van der Waals surface area (Å²) in [5.41, 5.74) is 0. The van der Waals surface area contributed by atoms with Crippen LogP contribution >= 0.6 is 11.8 Å². The lowest BCUT2D eigenvalue weighted by Gasteiger charge is -2.20. The molecule has 1 aliphatic rings. The van der Waals surface area contributed by atoms with Crippen molar-refractivity contribution in [3.05, 3.63) is 24.3 Å². The van der Waals surface area contributed by atoms with Gasteiger partial charge in [-0.1, -0.05) is 0 Å². The molecule has 1 aliphatic heterocycles. The first kappa shape index (κ1) is 15.0. The summed E-state index contributed by atoms with van der Waals surface area (Å²) in [4.78, 5) is 13.8. The van der Waals surface area contributed by atoms with Crippen molar-refractivity contribution in [3.8, 4) is 11.5 Å². The smallest absolute Gasteiger partial charge is 0.240 e. The second-order valence-electron chi connectivity index (χ2n) is 4.56. The normalized spacial score (nSPS) is 17.8. The Balaban J connectivity index is 1.72. The maximum absolute atomic E-state index is 12.0. The molecule has 2 rings (SSSR count). The Kier molecular flexibility index (Phi) is 5.55. The number of likely N-dealkylation sites (N-methyl/N-ethyl adjacent to an activating group) is 1. The van der Waals surface area contributed by atoms with Crippen LogP contribution in [0.4, 0.5) is 0 Å². The van der Waals surface area contributed by atoms with Crippen LogP contribution in [0.15, 0.2) is 24.3 Å². The fourth-order valence-electron chi connectivity index (χ4n) is 1.90. The van der Waals surface area contributed by atoms with E-state index in [1.165, 1.54) is 0 Å². The van der Waals surface area contributed by atoms with E-state index in [1.54, 1.807) is 23.8 Å². The van der Waals surface area contributed by atoms with Crippen LogP contribution in [0.1, 0.15) is 0 Å². The number of carbonyl (C=O) groups is 1. The predicted octanol–water partition coefficient (Wildman–Crippen LogP) is 1.19. The number of benzene rings is 1. The number of nitrogens with one attached hydrogen (secondary N) is 1. The lowest BCUT2D eigenvalue weighted by Crippen LogP contribution is -2.44. The van der Waals surface area contributed by atoms with Gasteiger partial charge >= 0.3 is 0 Å². The van der Waals surface area contributed by atoms with Gasteiger partial charge < -0.3 is 14.4 Å². The van der Waals surface area contributed by atoms with E-state index in [0.717, 1.165) is 23.1 Å². The summed E-state index contributed by atoms with van der Waals surface area (Å²) in [6.45, 7) is 1.06. The highest BCUT2D eigenvalue weighted by Crippen LogP contribution is 2.17. The molecule has 0 aliphatic carbocycles. The third kappa shape index (κ3) is 4.05. The van der Waals surface area contributed by atoms with Crippen molar-refractivity contribution in [1.82, 2.24) is 10.2 Å².